The van der Waals surface area contributed by atoms with Crippen molar-refractivity contribution in [1.82, 2.24) is 14.8 Å². The van der Waals surface area contributed by atoms with Crippen LogP contribution in [0.2, 0.25) is 0 Å². The van der Waals surface area contributed by atoms with Gasteiger partial charge in [-0.05, 0) is 37.6 Å². The molecular formula is C21H27N5O. The average molecular weight is 365 g/mol. The van der Waals surface area contributed by atoms with E-state index in [4.69, 9.17) is 0 Å². The Morgan fingerprint density at radius 3 is 2.59 bits per heavy atom. The monoisotopic (exact) mass is 365 g/mol. The molecule has 3 heterocycles. The van der Waals surface area contributed by atoms with Gasteiger partial charge in [-0.3, -0.25) is 0 Å². The van der Waals surface area contributed by atoms with Gasteiger partial charge in [0.15, 0.2) is 5.82 Å². The number of hydrogen-bond donors (Lipinski definition) is 1. The maximum absolute atomic E-state index is 13.2. The van der Waals surface area contributed by atoms with Crippen LogP contribution in [0.3, 0.4) is 0 Å². The average Bonchev–Trinajstić information content (AvgIpc) is 3.23. The number of carbonyl (C=O) groups excluding carboxylic acids is 1. The van der Waals surface area contributed by atoms with Crippen LogP contribution >= 0.6 is 0 Å². The van der Waals surface area contributed by atoms with Crippen molar-refractivity contribution in [2.45, 2.75) is 18.9 Å². The van der Waals surface area contributed by atoms with Crippen molar-refractivity contribution in [2.24, 2.45) is 0 Å². The predicted molar refractivity (Wildman–Crippen MR) is 108 cm³/mol. The third-order valence-electron chi connectivity index (χ3n) is 5.46. The third kappa shape index (κ3) is 3.90. The lowest BCUT2D eigenvalue weighted by molar-refractivity contribution is 0.117. The number of amides is 2. The predicted octanol–water partition coefficient (Wildman–Crippen LogP) is 3.20. The van der Waals surface area contributed by atoms with E-state index in [0.717, 1.165) is 37.7 Å². The molecule has 1 aromatic carbocycles. The van der Waals surface area contributed by atoms with Crippen LogP contribution < -0.4 is 10.2 Å². The first-order valence-electron chi connectivity index (χ1n) is 9.73. The van der Waals surface area contributed by atoms with Gasteiger partial charge in [0.25, 0.3) is 0 Å². The summed E-state index contributed by atoms with van der Waals surface area (Å²) in [7, 11) is 2.11. The Hall–Kier alpha value is -2.60. The van der Waals surface area contributed by atoms with Crippen molar-refractivity contribution in [2.75, 3.05) is 50.0 Å². The molecule has 6 heteroatoms. The molecule has 27 heavy (non-hydrogen) atoms. The number of pyridine rings is 1. The zero-order chi connectivity index (χ0) is 18.6. The number of nitrogens with one attached hydrogen (secondary N) is 1. The summed E-state index contributed by atoms with van der Waals surface area (Å²) >= 11 is 0. The minimum absolute atomic E-state index is 0.0506. The standard InChI is InChI=1S/C21H27N5O/c1-24-14-15-26(19(16-24)17-8-3-2-4-9-17)21(27)23-18-10-7-11-22-20(18)25-12-5-6-13-25/h2-4,7-11,19H,5-6,12-16H2,1H3,(H,23,27). The Labute approximate surface area is 160 Å². The molecule has 2 saturated heterocycles. The minimum Gasteiger partial charge on any atom is -0.355 e. The van der Waals surface area contributed by atoms with Crippen LogP contribution in [-0.4, -0.2) is 60.6 Å². The van der Waals surface area contributed by atoms with Gasteiger partial charge in [0, 0.05) is 38.9 Å². The van der Waals surface area contributed by atoms with Crippen molar-refractivity contribution < 1.29 is 4.79 Å². The highest BCUT2D eigenvalue weighted by Crippen LogP contribution is 2.29. The maximum atomic E-state index is 13.2. The highest BCUT2D eigenvalue weighted by molar-refractivity contribution is 5.92. The van der Waals surface area contributed by atoms with Crippen LogP contribution in [0.4, 0.5) is 16.3 Å². The van der Waals surface area contributed by atoms with Gasteiger partial charge in [-0.1, -0.05) is 30.3 Å². The van der Waals surface area contributed by atoms with Gasteiger partial charge in [-0.2, -0.15) is 0 Å². The largest absolute Gasteiger partial charge is 0.355 e. The van der Waals surface area contributed by atoms with Gasteiger partial charge in [-0.15, -0.1) is 0 Å². The Kier molecular flexibility index (Phi) is 5.25. The number of carbonyl (C=O) groups is 1. The third-order valence-corrected chi connectivity index (χ3v) is 5.46. The van der Waals surface area contributed by atoms with E-state index in [1.165, 1.54) is 18.4 Å². The molecule has 4 rings (SSSR count). The lowest BCUT2D eigenvalue weighted by atomic mass is 10.0. The molecule has 0 aliphatic carbocycles. The van der Waals surface area contributed by atoms with Crippen molar-refractivity contribution in [3.8, 4) is 0 Å². The zero-order valence-electron chi connectivity index (χ0n) is 15.8. The molecule has 2 fully saturated rings. The number of hydrogen-bond acceptors (Lipinski definition) is 4. The number of rotatable bonds is 3. The SMILES string of the molecule is CN1CCN(C(=O)Nc2cccnc2N2CCCC2)C(c2ccccc2)C1. The second-order valence-corrected chi connectivity index (χ2v) is 7.38. The van der Waals surface area contributed by atoms with E-state index in [1.807, 2.05) is 35.2 Å². The Morgan fingerprint density at radius 1 is 1.04 bits per heavy atom. The summed E-state index contributed by atoms with van der Waals surface area (Å²) < 4.78 is 0. The minimum atomic E-state index is -0.0506. The van der Waals surface area contributed by atoms with E-state index >= 15 is 0 Å². The molecule has 0 radical (unpaired) electrons. The molecule has 2 aliphatic heterocycles. The number of urea groups is 1. The van der Waals surface area contributed by atoms with Gasteiger partial charge < -0.3 is 20.0 Å². The Bertz CT molecular complexity index is 775. The van der Waals surface area contributed by atoms with E-state index in [-0.39, 0.29) is 12.1 Å². The number of nitrogens with zero attached hydrogens (tertiary/aromatic N) is 4. The van der Waals surface area contributed by atoms with E-state index in [1.54, 1.807) is 6.20 Å². The van der Waals surface area contributed by atoms with E-state index < -0.39 is 0 Å². The van der Waals surface area contributed by atoms with Crippen molar-refractivity contribution in [1.29, 1.82) is 0 Å². The number of piperazine rings is 1. The molecule has 0 saturated carbocycles. The first-order valence-corrected chi connectivity index (χ1v) is 9.73. The molecule has 1 unspecified atom stereocenters. The van der Waals surface area contributed by atoms with Crippen LogP contribution in [0, 0.1) is 0 Å². The summed E-state index contributed by atoms with van der Waals surface area (Å²) in [5, 5.41) is 3.14. The number of benzene rings is 1. The lowest BCUT2D eigenvalue weighted by Crippen LogP contribution is -2.50. The molecule has 2 aromatic rings. The lowest BCUT2D eigenvalue weighted by Gasteiger charge is -2.40. The maximum Gasteiger partial charge on any atom is 0.322 e. The van der Waals surface area contributed by atoms with E-state index in [9.17, 15) is 4.79 Å². The number of aromatic nitrogens is 1. The number of anilines is 2. The first-order chi connectivity index (χ1) is 13.2. The van der Waals surface area contributed by atoms with Crippen LogP contribution in [0.5, 0.6) is 0 Å². The molecule has 1 atom stereocenters. The van der Waals surface area contributed by atoms with E-state index in [0.29, 0.717) is 6.54 Å². The van der Waals surface area contributed by atoms with Crippen LogP contribution in [0.1, 0.15) is 24.4 Å². The van der Waals surface area contributed by atoms with Gasteiger partial charge in [0.05, 0.1) is 11.7 Å². The fourth-order valence-electron chi connectivity index (χ4n) is 3.99. The van der Waals surface area contributed by atoms with Crippen LogP contribution in [0.25, 0.3) is 0 Å². The Balaban J connectivity index is 1.55. The fraction of sp³-hybridized carbons (Fsp3) is 0.429. The highest BCUT2D eigenvalue weighted by atomic mass is 16.2. The molecule has 2 amide bonds. The molecule has 1 aromatic heterocycles. The fourth-order valence-corrected chi connectivity index (χ4v) is 3.99. The van der Waals surface area contributed by atoms with Gasteiger partial charge >= 0.3 is 6.03 Å². The van der Waals surface area contributed by atoms with Crippen LogP contribution in [-0.2, 0) is 0 Å². The first kappa shape index (κ1) is 17.8. The summed E-state index contributed by atoms with van der Waals surface area (Å²) in [6.45, 7) is 4.43. The zero-order valence-corrected chi connectivity index (χ0v) is 15.8. The van der Waals surface area contributed by atoms with E-state index in [2.05, 4.69) is 39.3 Å². The molecule has 2 aliphatic rings. The molecule has 6 nitrogen and oxygen atoms in total. The highest BCUT2D eigenvalue weighted by Gasteiger charge is 2.31. The van der Waals surface area contributed by atoms with Crippen molar-refractivity contribution in [3.63, 3.8) is 0 Å². The summed E-state index contributed by atoms with van der Waals surface area (Å²) in [5.41, 5.74) is 1.97. The summed E-state index contributed by atoms with van der Waals surface area (Å²) in [4.78, 5) is 24.2. The molecule has 0 bridgehead atoms. The number of likely N-dealkylation sites (N-methyl/N-ethyl adjacent to an activating group) is 1. The summed E-state index contributed by atoms with van der Waals surface area (Å²) in [6, 6.07) is 14.1. The summed E-state index contributed by atoms with van der Waals surface area (Å²) in [5.74, 6) is 0.883. The second-order valence-electron chi connectivity index (χ2n) is 7.38. The molecule has 0 spiro atoms. The topological polar surface area (TPSA) is 51.7 Å². The van der Waals surface area contributed by atoms with Gasteiger partial charge in [0.1, 0.15) is 0 Å². The van der Waals surface area contributed by atoms with Gasteiger partial charge in [-0.25, -0.2) is 9.78 Å². The Morgan fingerprint density at radius 2 is 1.81 bits per heavy atom. The quantitative estimate of drug-likeness (QED) is 0.908. The van der Waals surface area contributed by atoms with Crippen molar-refractivity contribution in [3.05, 3.63) is 54.2 Å². The summed E-state index contributed by atoms with van der Waals surface area (Å²) in [6.07, 6.45) is 4.16. The van der Waals surface area contributed by atoms with Crippen LogP contribution in [0.15, 0.2) is 48.7 Å². The second kappa shape index (κ2) is 7.96. The van der Waals surface area contributed by atoms with Gasteiger partial charge in [0.2, 0.25) is 0 Å². The smallest absolute Gasteiger partial charge is 0.322 e. The van der Waals surface area contributed by atoms with Crippen molar-refractivity contribution >= 4 is 17.5 Å². The normalized spacial score (nSPS) is 20.7. The molecule has 1 N–H and O–H groups in total. The molecular weight excluding hydrogens is 338 g/mol. The molecule has 142 valence electrons.